The normalized spacial score (nSPS) is 35.4. The molecule has 2 fully saturated rings. The molecule has 1 saturated carbocycles. The summed E-state index contributed by atoms with van der Waals surface area (Å²) in [5.41, 5.74) is 0. The second kappa shape index (κ2) is 3.36. The van der Waals surface area contributed by atoms with Crippen molar-refractivity contribution >= 4 is 12.2 Å². The Labute approximate surface area is 80.6 Å². The zero-order chi connectivity index (χ0) is 10.1. The highest BCUT2D eigenvalue weighted by molar-refractivity contribution is 5.70. The van der Waals surface area contributed by atoms with Crippen molar-refractivity contribution in [3.63, 3.8) is 0 Å². The van der Waals surface area contributed by atoms with Gasteiger partial charge in [0.1, 0.15) is 6.10 Å². The number of fused-ring (bicyclic) bond motifs is 1. The van der Waals surface area contributed by atoms with Crippen LogP contribution in [-0.4, -0.2) is 35.5 Å². The molecule has 3 N–H and O–H groups in total. The fourth-order valence-corrected chi connectivity index (χ4v) is 2.05. The maximum atomic E-state index is 10.9. The zero-order valence-electron chi connectivity index (χ0n) is 7.53. The smallest absolute Gasteiger partial charge is 0.407 e. The zero-order valence-corrected chi connectivity index (χ0v) is 7.53. The summed E-state index contributed by atoms with van der Waals surface area (Å²) in [5, 5.41) is 13.6. The lowest BCUT2D eigenvalue weighted by atomic mass is 9.89. The van der Waals surface area contributed by atoms with E-state index >= 15 is 0 Å². The van der Waals surface area contributed by atoms with Gasteiger partial charge in [0.25, 0.3) is 0 Å². The Hall–Kier alpha value is -1.46. The molecule has 0 radical (unpaired) electrons. The molecule has 6 nitrogen and oxygen atoms in total. The van der Waals surface area contributed by atoms with Gasteiger partial charge < -0.3 is 20.5 Å². The van der Waals surface area contributed by atoms with Crippen LogP contribution in [0.1, 0.15) is 19.3 Å². The minimum absolute atomic E-state index is 0.0642. The molecule has 6 heteroatoms. The van der Waals surface area contributed by atoms with Crippen LogP contribution in [0.25, 0.3) is 0 Å². The first-order valence-electron chi connectivity index (χ1n) is 4.62. The Balaban J connectivity index is 1.91. The number of carbonyl (C=O) groups excluding carboxylic acids is 1. The van der Waals surface area contributed by atoms with E-state index in [-0.39, 0.29) is 18.2 Å². The monoisotopic (exact) mass is 200 g/mol. The van der Waals surface area contributed by atoms with Crippen LogP contribution in [0.3, 0.4) is 0 Å². The Morgan fingerprint density at radius 1 is 1.57 bits per heavy atom. The lowest BCUT2D eigenvalue weighted by Crippen LogP contribution is -2.45. The third-order valence-corrected chi connectivity index (χ3v) is 2.68. The van der Waals surface area contributed by atoms with E-state index in [2.05, 4.69) is 10.6 Å². The number of carboxylic acid groups (broad SMARTS) is 1. The fourth-order valence-electron chi connectivity index (χ4n) is 2.05. The Bertz CT molecular complexity index is 268. The maximum Gasteiger partial charge on any atom is 0.407 e. The maximum absolute atomic E-state index is 10.9. The van der Waals surface area contributed by atoms with Gasteiger partial charge in [0.15, 0.2) is 0 Å². The SMILES string of the molecule is O=C(O)N[C@H]1CC[C@@H]2NC(=O)O[C@@H]2C1. The number of amides is 2. The topological polar surface area (TPSA) is 87.7 Å². The van der Waals surface area contributed by atoms with Crippen molar-refractivity contribution in [3.8, 4) is 0 Å². The minimum Gasteiger partial charge on any atom is -0.465 e. The summed E-state index contributed by atoms with van der Waals surface area (Å²) in [6.07, 6.45) is 0.489. The quantitative estimate of drug-likeness (QED) is 0.567. The number of alkyl carbamates (subject to hydrolysis) is 1. The van der Waals surface area contributed by atoms with E-state index < -0.39 is 12.2 Å². The van der Waals surface area contributed by atoms with Crippen LogP contribution in [0.4, 0.5) is 9.59 Å². The molecule has 2 rings (SSSR count). The molecule has 0 aromatic carbocycles. The minimum atomic E-state index is -1.02. The average molecular weight is 200 g/mol. The summed E-state index contributed by atoms with van der Waals surface area (Å²) in [7, 11) is 0. The summed E-state index contributed by atoms with van der Waals surface area (Å²) in [6, 6.07) is -0.0317. The molecule has 0 unspecified atom stereocenters. The molecule has 1 heterocycles. The number of hydrogen-bond donors (Lipinski definition) is 3. The first-order valence-corrected chi connectivity index (χ1v) is 4.62. The van der Waals surface area contributed by atoms with E-state index in [0.717, 1.165) is 12.8 Å². The molecule has 14 heavy (non-hydrogen) atoms. The molecule has 0 aromatic rings. The van der Waals surface area contributed by atoms with Gasteiger partial charge in [-0.3, -0.25) is 0 Å². The highest BCUT2D eigenvalue weighted by Gasteiger charge is 2.39. The predicted molar refractivity (Wildman–Crippen MR) is 46.0 cm³/mol. The van der Waals surface area contributed by atoms with Gasteiger partial charge in [0, 0.05) is 12.5 Å². The number of carbonyl (C=O) groups is 2. The van der Waals surface area contributed by atoms with Crippen molar-refractivity contribution in [1.82, 2.24) is 10.6 Å². The van der Waals surface area contributed by atoms with Crippen LogP contribution in [-0.2, 0) is 4.74 Å². The van der Waals surface area contributed by atoms with E-state index in [4.69, 9.17) is 9.84 Å². The lowest BCUT2D eigenvalue weighted by Gasteiger charge is -2.28. The molecule has 0 aromatic heterocycles. The Kier molecular flexibility index (Phi) is 2.18. The van der Waals surface area contributed by atoms with Gasteiger partial charge in [-0.1, -0.05) is 0 Å². The van der Waals surface area contributed by atoms with E-state index in [9.17, 15) is 9.59 Å². The fraction of sp³-hybridized carbons (Fsp3) is 0.750. The number of nitrogens with one attached hydrogen (secondary N) is 2. The van der Waals surface area contributed by atoms with Gasteiger partial charge in [0.05, 0.1) is 6.04 Å². The number of ether oxygens (including phenoxy) is 1. The average Bonchev–Trinajstić information content (AvgIpc) is 2.42. The van der Waals surface area contributed by atoms with E-state index in [0.29, 0.717) is 6.42 Å². The van der Waals surface area contributed by atoms with Crippen LogP contribution in [0.2, 0.25) is 0 Å². The van der Waals surface area contributed by atoms with Crippen LogP contribution in [0.5, 0.6) is 0 Å². The second-order valence-electron chi connectivity index (χ2n) is 3.65. The van der Waals surface area contributed by atoms with Gasteiger partial charge in [-0.2, -0.15) is 0 Å². The molecule has 1 saturated heterocycles. The van der Waals surface area contributed by atoms with Crippen molar-refractivity contribution in [3.05, 3.63) is 0 Å². The van der Waals surface area contributed by atoms with E-state index in [1.54, 1.807) is 0 Å². The third-order valence-electron chi connectivity index (χ3n) is 2.68. The summed E-state index contributed by atoms with van der Waals surface area (Å²) >= 11 is 0. The number of hydrogen-bond acceptors (Lipinski definition) is 3. The van der Waals surface area contributed by atoms with Crippen molar-refractivity contribution < 1.29 is 19.4 Å². The predicted octanol–water partition coefficient (Wildman–Crippen LogP) is 0.283. The largest absolute Gasteiger partial charge is 0.465 e. The highest BCUT2D eigenvalue weighted by atomic mass is 16.6. The standard InChI is InChI=1S/C8H12N2O4/c11-7(12)9-4-1-2-5-6(3-4)14-8(13)10-5/h4-6,9H,1-3H2,(H,10,13)(H,11,12)/t4-,5-,6+/m0/s1. The summed E-state index contributed by atoms with van der Waals surface area (Å²) in [4.78, 5) is 21.3. The van der Waals surface area contributed by atoms with E-state index in [1.165, 1.54) is 0 Å². The van der Waals surface area contributed by atoms with E-state index in [1.807, 2.05) is 0 Å². The molecule has 0 bridgehead atoms. The van der Waals surface area contributed by atoms with Crippen molar-refractivity contribution in [2.75, 3.05) is 0 Å². The Morgan fingerprint density at radius 3 is 3.07 bits per heavy atom. The van der Waals surface area contributed by atoms with Crippen molar-refractivity contribution in [1.29, 1.82) is 0 Å². The van der Waals surface area contributed by atoms with Crippen LogP contribution >= 0.6 is 0 Å². The summed E-state index contributed by atoms with van der Waals surface area (Å²) in [5.74, 6) is 0. The van der Waals surface area contributed by atoms with Crippen LogP contribution in [0, 0.1) is 0 Å². The van der Waals surface area contributed by atoms with Gasteiger partial charge in [-0.15, -0.1) is 0 Å². The molecule has 2 amide bonds. The molecule has 1 aliphatic carbocycles. The third kappa shape index (κ3) is 1.73. The molecule has 3 atom stereocenters. The van der Waals surface area contributed by atoms with Gasteiger partial charge >= 0.3 is 12.2 Å². The van der Waals surface area contributed by atoms with Crippen LogP contribution < -0.4 is 10.6 Å². The molecule has 2 aliphatic rings. The first-order chi connectivity index (χ1) is 6.65. The lowest BCUT2D eigenvalue weighted by molar-refractivity contribution is 0.101. The van der Waals surface area contributed by atoms with Gasteiger partial charge in [0.2, 0.25) is 0 Å². The molecule has 78 valence electrons. The second-order valence-corrected chi connectivity index (χ2v) is 3.65. The van der Waals surface area contributed by atoms with Crippen LogP contribution in [0.15, 0.2) is 0 Å². The van der Waals surface area contributed by atoms with Gasteiger partial charge in [-0.25, -0.2) is 9.59 Å². The number of rotatable bonds is 1. The first kappa shape index (κ1) is 9.11. The molecule has 0 spiro atoms. The van der Waals surface area contributed by atoms with Gasteiger partial charge in [-0.05, 0) is 12.8 Å². The molecular weight excluding hydrogens is 188 g/mol. The van der Waals surface area contributed by atoms with Crippen molar-refractivity contribution in [2.24, 2.45) is 0 Å². The molecule has 1 aliphatic heterocycles. The summed E-state index contributed by atoms with van der Waals surface area (Å²) < 4.78 is 4.99. The molecular formula is C8H12N2O4. The Morgan fingerprint density at radius 2 is 2.36 bits per heavy atom. The van der Waals surface area contributed by atoms with Crippen molar-refractivity contribution in [2.45, 2.75) is 37.5 Å². The summed E-state index contributed by atoms with van der Waals surface area (Å²) in [6.45, 7) is 0. The highest BCUT2D eigenvalue weighted by Crippen LogP contribution is 2.25.